The van der Waals surface area contributed by atoms with Gasteiger partial charge in [0.1, 0.15) is 0 Å². The average Bonchev–Trinajstić information content (AvgIpc) is 3.10. The molecule has 148 valence electrons. The first-order valence-electron chi connectivity index (χ1n) is 9.12. The van der Waals surface area contributed by atoms with Crippen LogP contribution < -0.4 is 9.62 Å². The predicted molar refractivity (Wildman–Crippen MR) is 109 cm³/mol. The fraction of sp³-hybridized carbons (Fsp3) is 0.556. The molecule has 9 heteroatoms. The molecule has 0 aliphatic carbocycles. The number of likely N-dealkylation sites (tertiary alicyclic amines) is 1. The zero-order chi connectivity index (χ0) is 19.4. The molecule has 0 unspecified atom stereocenters. The standard InChI is InChI=1S/C18H27N5O2S2/c1-14-6-8-16(9-7-14)27(24,25)19-11-15-5-4-10-23(12-15)13-17-20-18(22(2)3)26-21-17/h6-9,15,19H,4-5,10-13H2,1-3H3/t15-/m1/s1. The van der Waals surface area contributed by atoms with E-state index in [0.717, 1.165) is 42.5 Å². The summed E-state index contributed by atoms with van der Waals surface area (Å²) >= 11 is 1.41. The molecule has 1 aromatic carbocycles. The number of anilines is 1. The van der Waals surface area contributed by atoms with Gasteiger partial charge in [0.2, 0.25) is 15.2 Å². The Bertz CT molecular complexity index is 849. The number of nitrogens with zero attached hydrogens (tertiary/aromatic N) is 4. The van der Waals surface area contributed by atoms with E-state index in [2.05, 4.69) is 19.0 Å². The Morgan fingerprint density at radius 2 is 2.04 bits per heavy atom. The van der Waals surface area contributed by atoms with Gasteiger partial charge >= 0.3 is 0 Å². The van der Waals surface area contributed by atoms with Crippen LogP contribution in [0.25, 0.3) is 0 Å². The summed E-state index contributed by atoms with van der Waals surface area (Å²) in [7, 11) is 0.463. The topological polar surface area (TPSA) is 78.4 Å². The van der Waals surface area contributed by atoms with Crippen molar-refractivity contribution in [3.8, 4) is 0 Å². The van der Waals surface area contributed by atoms with Gasteiger partial charge in [-0.25, -0.2) is 18.1 Å². The van der Waals surface area contributed by atoms with Crippen LogP contribution in [0.4, 0.5) is 5.13 Å². The number of nitrogens with one attached hydrogen (secondary N) is 1. The summed E-state index contributed by atoms with van der Waals surface area (Å²) in [6.45, 7) is 4.97. The van der Waals surface area contributed by atoms with Gasteiger partial charge in [-0.15, -0.1) is 0 Å². The summed E-state index contributed by atoms with van der Waals surface area (Å²) in [5.74, 6) is 1.13. The molecule has 0 saturated carbocycles. The largest absolute Gasteiger partial charge is 0.353 e. The van der Waals surface area contributed by atoms with Gasteiger partial charge in [0.05, 0.1) is 11.4 Å². The number of sulfonamides is 1. The molecule has 2 aromatic rings. The van der Waals surface area contributed by atoms with Gasteiger partial charge in [0, 0.05) is 38.7 Å². The van der Waals surface area contributed by atoms with Crippen molar-refractivity contribution >= 4 is 26.7 Å². The minimum absolute atomic E-state index is 0.297. The molecule has 0 amide bonds. The van der Waals surface area contributed by atoms with Crippen LogP contribution in [0, 0.1) is 12.8 Å². The van der Waals surface area contributed by atoms with Crippen molar-refractivity contribution in [1.82, 2.24) is 19.0 Å². The third-order valence-electron chi connectivity index (χ3n) is 4.70. The molecule has 3 rings (SSSR count). The van der Waals surface area contributed by atoms with E-state index in [1.54, 1.807) is 12.1 Å². The fourth-order valence-corrected chi connectivity index (χ4v) is 4.89. The van der Waals surface area contributed by atoms with Crippen LogP contribution in [-0.2, 0) is 16.6 Å². The highest BCUT2D eigenvalue weighted by Gasteiger charge is 2.23. The number of aromatic nitrogens is 2. The SMILES string of the molecule is Cc1ccc(S(=O)(=O)NC[C@H]2CCCN(Cc3nsc(N(C)C)n3)C2)cc1. The van der Waals surface area contributed by atoms with E-state index >= 15 is 0 Å². The Kier molecular flexibility index (Phi) is 6.46. The lowest BCUT2D eigenvalue weighted by Crippen LogP contribution is -2.40. The Labute approximate surface area is 165 Å². The van der Waals surface area contributed by atoms with E-state index in [1.165, 1.54) is 11.5 Å². The Morgan fingerprint density at radius 3 is 2.70 bits per heavy atom. The molecule has 1 aliphatic heterocycles. The maximum absolute atomic E-state index is 12.5. The molecule has 27 heavy (non-hydrogen) atoms. The highest BCUT2D eigenvalue weighted by molar-refractivity contribution is 7.89. The van der Waals surface area contributed by atoms with Crippen LogP contribution in [0.3, 0.4) is 0 Å². The molecule has 1 aliphatic rings. The maximum Gasteiger partial charge on any atom is 0.240 e. The van der Waals surface area contributed by atoms with Crippen LogP contribution in [0.5, 0.6) is 0 Å². The van der Waals surface area contributed by atoms with Gasteiger partial charge in [-0.1, -0.05) is 17.7 Å². The Balaban J connectivity index is 1.54. The summed E-state index contributed by atoms with van der Waals surface area (Å²) in [6, 6.07) is 6.95. The molecular formula is C18H27N5O2S2. The van der Waals surface area contributed by atoms with Crippen LogP contribution in [0.1, 0.15) is 24.2 Å². The molecule has 1 aromatic heterocycles. The van der Waals surface area contributed by atoms with Crippen LogP contribution >= 0.6 is 11.5 Å². The van der Waals surface area contributed by atoms with Crippen molar-refractivity contribution in [2.24, 2.45) is 5.92 Å². The van der Waals surface area contributed by atoms with Crippen LogP contribution in [0.15, 0.2) is 29.2 Å². The van der Waals surface area contributed by atoms with Gasteiger partial charge in [-0.2, -0.15) is 4.37 Å². The van der Waals surface area contributed by atoms with Gasteiger partial charge in [-0.05, 0) is 44.4 Å². The maximum atomic E-state index is 12.5. The average molecular weight is 410 g/mol. The Hall–Kier alpha value is -1.55. The molecule has 1 N–H and O–H groups in total. The quantitative estimate of drug-likeness (QED) is 0.755. The first-order valence-corrected chi connectivity index (χ1v) is 11.4. The van der Waals surface area contributed by atoms with E-state index in [0.29, 0.717) is 23.9 Å². The third kappa shape index (κ3) is 5.47. The van der Waals surface area contributed by atoms with E-state index in [-0.39, 0.29) is 0 Å². The zero-order valence-electron chi connectivity index (χ0n) is 16.1. The molecule has 1 atom stereocenters. The number of piperidine rings is 1. The van der Waals surface area contributed by atoms with Gasteiger partial charge in [-0.3, -0.25) is 4.90 Å². The summed E-state index contributed by atoms with van der Waals surface area (Å²) in [5.41, 5.74) is 1.05. The van der Waals surface area contributed by atoms with E-state index in [1.807, 2.05) is 38.1 Å². The molecule has 1 saturated heterocycles. The Morgan fingerprint density at radius 1 is 1.30 bits per heavy atom. The normalized spacial score (nSPS) is 18.6. The smallest absolute Gasteiger partial charge is 0.240 e. The van der Waals surface area contributed by atoms with Crippen molar-refractivity contribution in [2.45, 2.75) is 31.2 Å². The lowest BCUT2D eigenvalue weighted by Gasteiger charge is -2.32. The summed E-state index contributed by atoms with van der Waals surface area (Å²) in [6.07, 6.45) is 2.09. The second-order valence-corrected chi connectivity index (χ2v) is 9.79. The summed E-state index contributed by atoms with van der Waals surface area (Å²) in [4.78, 5) is 9.14. The molecule has 0 spiro atoms. The first-order chi connectivity index (χ1) is 12.8. The van der Waals surface area contributed by atoms with E-state index < -0.39 is 10.0 Å². The third-order valence-corrected chi connectivity index (χ3v) is 7.06. The lowest BCUT2D eigenvalue weighted by atomic mass is 9.98. The minimum atomic E-state index is -3.46. The molecule has 0 radical (unpaired) electrons. The zero-order valence-corrected chi connectivity index (χ0v) is 17.7. The van der Waals surface area contributed by atoms with Crippen LogP contribution in [0.2, 0.25) is 0 Å². The number of rotatable bonds is 7. The fourth-order valence-electron chi connectivity index (χ4n) is 3.18. The highest BCUT2D eigenvalue weighted by Crippen LogP contribution is 2.20. The monoisotopic (exact) mass is 409 g/mol. The lowest BCUT2D eigenvalue weighted by molar-refractivity contribution is 0.166. The predicted octanol–water partition coefficient (Wildman–Crippen LogP) is 2.10. The highest BCUT2D eigenvalue weighted by atomic mass is 32.2. The molecule has 0 bridgehead atoms. The van der Waals surface area contributed by atoms with Gasteiger partial charge in [0.25, 0.3) is 0 Å². The number of benzene rings is 1. The van der Waals surface area contributed by atoms with Crippen molar-refractivity contribution in [3.63, 3.8) is 0 Å². The van der Waals surface area contributed by atoms with Crippen molar-refractivity contribution in [2.75, 3.05) is 38.6 Å². The summed E-state index contributed by atoms with van der Waals surface area (Å²) in [5, 5.41) is 0.907. The van der Waals surface area contributed by atoms with E-state index in [9.17, 15) is 8.42 Å². The van der Waals surface area contributed by atoms with Crippen molar-refractivity contribution < 1.29 is 8.42 Å². The molecular weight excluding hydrogens is 382 g/mol. The van der Waals surface area contributed by atoms with E-state index in [4.69, 9.17) is 0 Å². The molecule has 2 heterocycles. The number of hydrogen-bond donors (Lipinski definition) is 1. The second kappa shape index (κ2) is 8.64. The molecule has 7 nitrogen and oxygen atoms in total. The van der Waals surface area contributed by atoms with Crippen molar-refractivity contribution in [1.29, 1.82) is 0 Å². The minimum Gasteiger partial charge on any atom is -0.353 e. The van der Waals surface area contributed by atoms with Gasteiger partial charge < -0.3 is 4.90 Å². The first kappa shape index (κ1) is 20.2. The molecule has 1 fully saturated rings. The van der Waals surface area contributed by atoms with Gasteiger partial charge in [0.15, 0.2) is 5.82 Å². The summed E-state index contributed by atoms with van der Waals surface area (Å²) < 4.78 is 32.2. The number of aryl methyl sites for hydroxylation is 1. The van der Waals surface area contributed by atoms with Crippen LogP contribution in [-0.4, -0.2) is 56.4 Å². The second-order valence-electron chi connectivity index (χ2n) is 7.30. The number of hydrogen-bond acceptors (Lipinski definition) is 7. The van der Waals surface area contributed by atoms with Crippen molar-refractivity contribution in [3.05, 3.63) is 35.7 Å².